The second-order valence-corrected chi connectivity index (χ2v) is 5.21. The smallest absolute Gasteiger partial charge is 0.220 e. The zero-order valence-electron chi connectivity index (χ0n) is 11.8. The third kappa shape index (κ3) is 2.81. The van der Waals surface area contributed by atoms with Gasteiger partial charge in [0.2, 0.25) is 5.88 Å². The summed E-state index contributed by atoms with van der Waals surface area (Å²) in [5.74, 6) is 1.24. The van der Waals surface area contributed by atoms with Crippen molar-refractivity contribution in [3.8, 4) is 11.6 Å². The third-order valence-corrected chi connectivity index (χ3v) is 3.63. The second kappa shape index (κ2) is 5.44. The molecular formula is C16H17N3O2. The van der Waals surface area contributed by atoms with Crippen LogP contribution in [0.3, 0.4) is 0 Å². The van der Waals surface area contributed by atoms with E-state index >= 15 is 0 Å². The van der Waals surface area contributed by atoms with E-state index in [0.717, 1.165) is 24.3 Å². The van der Waals surface area contributed by atoms with Crippen molar-refractivity contribution in [3.05, 3.63) is 52.7 Å². The second-order valence-electron chi connectivity index (χ2n) is 5.21. The minimum absolute atomic E-state index is 0.0410. The van der Waals surface area contributed by atoms with Crippen LogP contribution in [0.2, 0.25) is 0 Å². The van der Waals surface area contributed by atoms with Gasteiger partial charge in [-0.3, -0.25) is 0 Å². The zero-order valence-corrected chi connectivity index (χ0v) is 11.8. The topological polar surface area (TPSA) is 80.7 Å². The first-order chi connectivity index (χ1) is 10.2. The van der Waals surface area contributed by atoms with Crippen molar-refractivity contribution in [3.63, 3.8) is 0 Å². The van der Waals surface area contributed by atoms with Crippen LogP contribution in [-0.2, 0) is 12.8 Å². The Morgan fingerprint density at radius 3 is 2.86 bits per heavy atom. The molecule has 1 heterocycles. The van der Waals surface area contributed by atoms with Gasteiger partial charge in [-0.05, 0) is 55.5 Å². The van der Waals surface area contributed by atoms with Gasteiger partial charge in [-0.15, -0.1) is 0 Å². The molecule has 21 heavy (non-hydrogen) atoms. The van der Waals surface area contributed by atoms with Crippen molar-refractivity contribution >= 4 is 5.84 Å². The van der Waals surface area contributed by atoms with E-state index in [1.54, 1.807) is 12.1 Å². The molecule has 0 saturated carbocycles. The molecule has 2 aromatic rings. The van der Waals surface area contributed by atoms with Gasteiger partial charge in [-0.25, -0.2) is 4.98 Å². The maximum absolute atomic E-state index is 8.77. The van der Waals surface area contributed by atoms with Crippen LogP contribution in [0.25, 0.3) is 0 Å². The summed E-state index contributed by atoms with van der Waals surface area (Å²) in [6.45, 7) is 1.84. The Morgan fingerprint density at radius 2 is 2.05 bits per heavy atom. The zero-order chi connectivity index (χ0) is 14.8. The van der Waals surface area contributed by atoms with Crippen molar-refractivity contribution in [2.75, 3.05) is 0 Å². The highest BCUT2D eigenvalue weighted by atomic mass is 16.5. The first kappa shape index (κ1) is 13.4. The Balaban J connectivity index is 1.89. The van der Waals surface area contributed by atoms with Crippen LogP contribution in [0.15, 0.2) is 35.5 Å². The number of hydrogen-bond donors (Lipinski definition) is 2. The Morgan fingerprint density at radius 1 is 1.24 bits per heavy atom. The van der Waals surface area contributed by atoms with Gasteiger partial charge < -0.3 is 15.7 Å². The Kier molecular flexibility index (Phi) is 3.48. The van der Waals surface area contributed by atoms with Crippen LogP contribution in [0.5, 0.6) is 11.6 Å². The minimum atomic E-state index is 0.0410. The number of hydrogen-bond acceptors (Lipinski definition) is 4. The molecule has 0 radical (unpaired) electrons. The summed E-state index contributed by atoms with van der Waals surface area (Å²) in [6.07, 6.45) is 3.45. The SMILES string of the molecule is Cc1cc(/C(N)=N/O)cc(Oc2ccc3c(c2)CCC3)n1. The van der Waals surface area contributed by atoms with Crippen molar-refractivity contribution in [2.45, 2.75) is 26.2 Å². The van der Waals surface area contributed by atoms with Crippen LogP contribution in [-0.4, -0.2) is 16.0 Å². The van der Waals surface area contributed by atoms with E-state index < -0.39 is 0 Å². The van der Waals surface area contributed by atoms with Crippen LogP contribution in [0.4, 0.5) is 0 Å². The van der Waals surface area contributed by atoms with E-state index in [1.807, 2.05) is 13.0 Å². The molecule has 1 aromatic heterocycles. The van der Waals surface area contributed by atoms with Gasteiger partial charge >= 0.3 is 0 Å². The predicted octanol–water partition coefficient (Wildman–Crippen LogP) is 2.77. The monoisotopic (exact) mass is 283 g/mol. The van der Waals surface area contributed by atoms with E-state index in [0.29, 0.717) is 11.4 Å². The Hall–Kier alpha value is -2.56. The summed E-state index contributed by atoms with van der Waals surface area (Å²) in [6, 6.07) is 9.53. The Bertz CT molecular complexity index is 711. The summed E-state index contributed by atoms with van der Waals surface area (Å²) in [5.41, 5.74) is 9.69. The molecule has 1 aliphatic rings. The van der Waals surface area contributed by atoms with Gasteiger partial charge in [0.15, 0.2) is 5.84 Å². The molecule has 1 aliphatic carbocycles. The molecule has 5 nitrogen and oxygen atoms in total. The van der Waals surface area contributed by atoms with Crippen molar-refractivity contribution in [1.82, 2.24) is 4.98 Å². The number of aryl methyl sites for hydroxylation is 3. The summed E-state index contributed by atoms with van der Waals surface area (Å²) in [7, 11) is 0. The fourth-order valence-corrected chi connectivity index (χ4v) is 2.63. The predicted molar refractivity (Wildman–Crippen MR) is 80.0 cm³/mol. The van der Waals surface area contributed by atoms with E-state index in [-0.39, 0.29) is 5.84 Å². The highest BCUT2D eigenvalue weighted by Gasteiger charge is 2.12. The number of fused-ring (bicyclic) bond motifs is 1. The average Bonchev–Trinajstić information content (AvgIpc) is 2.93. The lowest BCUT2D eigenvalue weighted by molar-refractivity contribution is 0.318. The Labute approximate surface area is 123 Å². The number of rotatable bonds is 3. The fourth-order valence-electron chi connectivity index (χ4n) is 2.63. The summed E-state index contributed by atoms with van der Waals surface area (Å²) < 4.78 is 5.82. The number of nitrogens with zero attached hydrogens (tertiary/aromatic N) is 2. The number of aromatic nitrogens is 1. The third-order valence-electron chi connectivity index (χ3n) is 3.63. The maximum Gasteiger partial charge on any atom is 0.220 e. The molecule has 0 unspecified atom stereocenters. The van der Waals surface area contributed by atoms with E-state index in [4.69, 9.17) is 15.7 Å². The largest absolute Gasteiger partial charge is 0.439 e. The molecule has 0 amide bonds. The highest BCUT2D eigenvalue weighted by Crippen LogP contribution is 2.28. The standard InChI is InChI=1S/C16H17N3O2/c1-10-7-13(16(17)19-20)9-15(18-10)21-14-6-5-11-3-2-4-12(11)8-14/h5-9,20H,2-4H2,1H3,(H2,17,19). The van der Waals surface area contributed by atoms with Crippen LogP contribution >= 0.6 is 0 Å². The number of ether oxygens (including phenoxy) is 1. The lowest BCUT2D eigenvalue weighted by Crippen LogP contribution is -2.13. The number of amidine groups is 1. The van der Waals surface area contributed by atoms with Crippen LogP contribution in [0, 0.1) is 6.92 Å². The van der Waals surface area contributed by atoms with Crippen molar-refractivity contribution in [1.29, 1.82) is 0 Å². The number of pyridine rings is 1. The van der Waals surface area contributed by atoms with Crippen molar-refractivity contribution < 1.29 is 9.94 Å². The normalized spacial score (nSPS) is 14.0. The summed E-state index contributed by atoms with van der Waals surface area (Å²) in [5, 5.41) is 11.8. The van der Waals surface area contributed by atoms with Gasteiger partial charge in [-0.1, -0.05) is 11.2 Å². The molecule has 108 valence electrons. The molecule has 0 bridgehead atoms. The quantitative estimate of drug-likeness (QED) is 0.393. The van der Waals surface area contributed by atoms with Crippen molar-refractivity contribution in [2.24, 2.45) is 10.9 Å². The maximum atomic E-state index is 8.77. The van der Waals surface area contributed by atoms with E-state index in [1.165, 1.54) is 17.5 Å². The summed E-state index contributed by atoms with van der Waals surface area (Å²) >= 11 is 0. The van der Waals surface area contributed by atoms with Crippen LogP contribution in [0.1, 0.15) is 28.8 Å². The lowest BCUT2D eigenvalue weighted by atomic mass is 10.1. The van der Waals surface area contributed by atoms with Gasteiger partial charge in [-0.2, -0.15) is 0 Å². The fraction of sp³-hybridized carbons (Fsp3) is 0.250. The molecule has 0 spiro atoms. The molecule has 0 aliphatic heterocycles. The molecule has 3 rings (SSSR count). The highest BCUT2D eigenvalue weighted by molar-refractivity contribution is 5.97. The van der Waals surface area contributed by atoms with E-state index in [9.17, 15) is 0 Å². The van der Waals surface area contributed by atoms with Crippen LogP contribution < -0.4 is 10.5 Å². The average molecular weight is 283 g/mol. The molecule has 5 heteroatoms. The van der Waals surface area contributed by atoms with Gasteiger partial charge in [0.25, 0.3) is 0 Å². The first-order valence-corrected chi connectivity index (χ1v) is 6.92. The molecule has 0 saturated heterocycles. The minimum Gasteiger partial charge on any atom is -0.439 e. The molecular weight excluding hydrogens is 266 g/mol. The van der Waals surface area contributed by atoms with E-state index in [2.05, 4.69) is 22.3 Å². The summed E-state index contributed by atoms with van der Waals surface area (Å²) in [4.78, 5) is 4.32. The molecule has 1 aromatic carbocycles. The molecule has 0 atom stereocenters. The van der Waals surface area contributed by atoms with Gasteiger partial charge in [0.05, 0.1) is 0 Å². The van der Waals surface area contributed by atoms with Gasteiger partial charge in [0.1, 0.15) is 5.75 Å². The molecule has 0 fully saturated rings. The first-order valence-electron chi connectivity index (χ1n) is 6.92. The lowest BCUT2D eigenvalue weighted by Gasteiger charge is -2.09. The van der Waals surface area contributed by atoms with Gasteiger partial charge in [0, 0.05) is 17.3 Å². The molecule has 3 N–H and O–H groups in total. The number of nitrogens with two attached hydrogens (primary N) is 1. The number of benzene rings is 1. The number of oxime groups is 1.